The van der Waals surface area contributed by atoms with E-state index in [9.17, 15) is 24.3 Å². The number of halogens is 2. The van der Waals surface area contributed by atoms with Crippen molar-refractivity contribution in [2.75, 3.05) is 0 Å². The van der Waals surface area contributed by atoms with Crippen LogP contribution in [0.1, 0.15) is 92.9 Å². The molecule has 70 heavy (non-hydrogen) atoms. The van der Waals surface area contributed by atoms with Crippen LogP contribution < -0.4 is 36.3 Å². The van der Waals surface area contributed by atoms with Gasteiger partial charge in [0.25, 0.3) is 11.8 Å². The van der Waals surface area contributed by atoms with E-state index in [-0.39, 0.29) is 59.7 Å². The first kappa shape index (κ1) is 60.8. The van der Waals surface area contributed by atoms with Gasteiger partial charge in [-0.1, -0.05) is 81.9 Å². The van der Waals surface area contributed by atoms with Crippen molar-refractivity contribution in [1.29, 1.82) is 0 Å². The molecule has 4 amide bonds. The van der Waals surface area contributed by atoms with Gasteiger partial charge in [-0.15, -0.1) is 0 Å². The third-order valence-corrected chi connectivity index (χ3v) is 9.77. The van der Waals surface area contributed by atoms with E-state index in [1.54, 1.807) is 79.4 Å². The molecule has 0 spiro atoms. The normalized spacial score (nSPS) is 10.9. The van der Waals surface area contributed by atoms with Gasteiger partial charge in [0.1, 0.15) is 41.7 Å². The predicted molar refractivity (Wildman–Crippen MR) is 276 cm³/mol. The molecule has 15 nitrogen and oxygen atoms in total. The van der Waals surface area contributed by atoms with Crippen molar-refractivity contribution in [2.24, 2.45) is 11.5 Å². The van der Waals surface area contributed by atoms with Crippen molar-refractivity contribution in [1.82, 2.24) is 20.6 Å². The second-order valence-corrected chi connectivity index (χ2v) is 16.2. The van der Waals surface area contributed by atoms with E-state index in [1.165, 1.54) is 24.3 Å². The van der Waals surface area contributed by atoms with Gasteiger partial charge in [0.2, 0.25) is 11.8 Å². The van der Waals surface area contributed by atoms with Crippen LogP contribution in [0.2, 0.25) is 10.0 Å². The lowest BCUT2D eigenvalue weighted by atomic mass is 10.0. The molecule has 6 rings (SSSR count). The molecule has 0 unspecified atom stereocenters. The zero-order valence-electron chi connectivity index (χ0n) is 37.4. The second kappa shape index (κ2) is 31.0. The molecule has 0 bridgehead atoms. The fourth-order valence-electron chi connectivity index (χ4n) is 5.88. The van der Waals surface area contributed by atoms with Crippen LogP contribution in [0.3, 0.4) is 0 Å². The van der Waals surface area contributed by atoms with Gasteiger partial charge in [-0.25, -0.2) is 0 Å². The second-order valence-electron chi connectivity index (χ2n) is 15.4. The summed E-state index contributed by atoms with van der Waals surface area (Å²) < 4.78 is 16.9. The topological polar surface area (TPSA) is 238 Å². The molecule has 4 aromatic carbocycles. The summed E-state index contributed by atoms with van der Waals surface area (Å²) in [5.74, 6) is -0.441. The molecule has 2 aromatic heterocycles. The monoisotopic (exact) mass is 1000 g/mol. The van der Waals surface area contributed by atoms with Gasteiger partial charge in [0.05, 0.1) is 28.9 Å². The number of ether oxygens (including phenoxy) is 3. The Morgan fingerprint density at radius 3 is 1.36 bits per heavy atom. The van der Waals surface area contributed by atoms with Gasteiger partial charge >= 0.3 is 0 Å². The molecule has 17 heteroatoms. The number of aromatic hydroxyl groups is 1. The SMILES string of the molecule is C.C.C.CC(C)Oc1ccc(C(=O)N[C@@H](Cc2ccc(O)cc2)C(N)=O)cc1Cl.CC(C)Oc1ccc(C(=O)N[C@@H](Cc2ccc(OCc3cccnc3)cc2)C(N)=O)cc1Cl.OCc1cccnc1. The van der Waals surface area contributed by atoms with Crippen molar-refractivity contribution >= 4 is 46.8 Å². The Morgan fingerprint density at radius 1 is 0.600 bits per heavy atom. The number of pyridine rings is 2. The fraction of sp³-hybridized carbons (Fsp3) is 0.283. The first-order chi connectivity index (χ1) is 32.0. The molecule has 0 aliphatic carbocycles. The number of phenols is 1. The number of benzene rings is 4. The highest BCUT2D eigenvalue weighted by Gasteiger charge is 2.22. The molecular weight excluding hydrogens is 936 g/mol. The van der Waals surface area contributed by atoms with E-state index in [2.05, 4.69) is 20.6 Å². The molecule has 376 valence electrons. The van der Waals surface area contributed by atoms with Gasteiger partial charge < -0.3 is 46.5 Å². The van der Waals surface area contributed by atoms with Crippen molar-refractivity contribution in [3.8, 4) is 23.0 Å². The fourth-order valence-corrected chi connectivity index (χ4v) is 6.33. The Balaban J connectivity index is 0.000000591. The highest BCUT2D eigenvalue weighted by Crippen LogP contribution is 2.28. The van der Waals surface area contributed by atoms with Crippen molar-refractivity contribution in [3.05, 3.63) is 177 Å². The molecule has 0 saturated carbocycles. The lowest BCUT2D eigenvalue weighted by Gasteiger charge is -2.17. The van der Waals surface area contributed by atoms with Gasteiger partial charge in [-0.05, 0) is 117 Å². The zero-order valence-corrected chi connectivity index (χ0v) is 38.9. The molecule has 2 heterocycles. The minimum absolute atomic E-state index is 0. The van der Waals surface area contributed by atoms with Crippen LogP contribution in [0.25, 0.3) is 0 Å². The molecule has 2 atom stereocenters. The number of nitrogens with zero attached hydrogens (tertiary/aromatic N) is 2. The molecule has 0 saturated heterocycles. The number of aromatic nitrogens is 2. The average Bonchev–Trinajstić information content (AvgIpc) is 3.31. The number of hydrogen-bond donors (Lipinski definition) is 6. The third kappa shape index (κ3) is 21.0. The Morgan fingerprint density at radius 2 is 1.01 bits per heavy atom. The van der Waals surface area contributed by atoms with Crippen LogP contribution in [0.4, 0.5) is 0 Å². The number of carbonyl (C=O) groups excluding carboxylic acids is 4. The van der Waals surface area contributed by atoms with Crippen LogP contribution in [0, 0.1) is 0 Å². The van der Waals surface area contributed by atoms with Crippen LogP contribution in [-0.2, 0) is 35.6 Å². The number of amides is 4. The largest absolute Gasteiger partial charge is 0.508 e. The van der Waals surface area contributed by atoms with E-state index in [0.29, 0.717) is 45.0 Å². The lowest BCUT2D eigenvalue weighted by Crippen LogP contribution is -2.45. The Hall–Kier alpha value is -7.20. The number of nitrogens with two attached hydrogens (primary N) is 2. The minimum Gasteiger partial charge on any atom is -0.508 e. The summed E-state index contributed by atoms with van der Waals surface area (Å²) >= 11 is 12.4. The van der Waals surface area contributed by atoms with Gasteiger partial charge in [0, 0.05) is 54.3 Å². The summed E-state index contributed by atoms with van der Waals surface area (Å²) in [6.45, 7) is 7.99. The maximum atomic E-state index is 12.7. The first-order valence-electron chi connectivity index (χ1n) is 21.0. The summed E-state index contributed by atoms with van der Waals surface area (Å²) in [5, 5.41) is 23.7. The maximum Gasteiger partial charge on any atom is 0.251 e. The van der Waals surface area contributed by atoms with Crippen LogP contribution in [-0.4, -0.2) is 68.1 Å². The highest BCUT2D eigenvalue weighted by atomic mass is 35.5. The molecule has 0 aliphatic heterocycles. The van der Waals surface area contributed by atoms with E-state index < -0.39 is 35.7 Å². The summed E-state index contributed by atoms with van der Waals surface area (Å²) in [6, 6.07) is 28.6. The van der Waals surface area contributed by atoms with Gasteiger partial charge in [0.15, 0.2) is 0 Å². The molecule has 6 aromatic rings. The smallest absolute Gasteiger partial charge is 0.251 e. The zero-order chi connectivity index (χ0) is 48.9. The number of primary amides is 2. The van der Waals surface area contributed by atoms with Crippen molar-refractivity contribution in [3.63, 3.8) is 0 Å². The molecule has 0 fully saturated rings. The number of phenolic OH excluding ortho intramolecular Hbond substituents is 1. The Bertz CT molecular complexity index is 2520. The Kier molecular flexibility index (Phi) is 27.0. The standard InChI is InChI=1S/C25H26ClN3O4.C19H21ClN2O4.C6H7NO.3CH4/c1-16(2)33-23-10-7-19(13-21(23)26)25(31)29-22(24(27)30)12-17-5-8-20(9-6-17)32-15-18-4-3-11-28-14-18;1-11(2)26-17-8-5-13(10-15(17)20)19(25)22-16(18(21)24)9-12-3-6-14(23)7-4-12;8-5-6-2-1-3-7-4-6;;;/h3-11,13-14,16,22H,12,15H2,1-2H3,(H2,27,30)(H,29,31);3-8,10-11,16,23H,9H2,1-2H3,(H2,21,24)(H,22,25);1-4,8H,5H2;3*1H4/t22-;16-;;;;/m00..../s1. The minimum atomic E-state index is -0.891. The summed E-state index contributed by atoms with van der Waals surface area (Å²) in [4.78, 5) is 56.6. The average molecular weight is 1000 g/mol. The Labute approximate surface area is 421 Å². The number of carbonyl (C=O) groups is 4. The summed E-state index contributed by atoms with van der Waals surface area (Å²) in [5.41, 5.74) is 14.9. The third-order valence-electron chi connectivity index (χ3n) is 9.18. The van der Waals surface area contributed by atoms with Crippen molar-refractivity contribution in [2.45, 2.75) is 100 Å². The lowest BCUT2D eigenvalue weighted by molar-refractivity contribution is -0.120. The number of hydrogen-bond acceptors (Lipinski definition) is 11. The number of aliphatic hydroxyl groups is 1. The van der Waals surface area contributed by atoms with Crippen molar-refractivity contribution < 1.29 is 43.6 Å². The van der Waals surface area contributed by atoms with E-state index in [0.717, 1.165) is 22.3 Å². The molecule has 0 aliphatic rings. The maximum absolute atomic E-state index is 12.7. The first-order valence-corrected chi connectivity index (χ1v) is 21.8. The number of aliphatic hydroxyl groups excluding tert-OH is 1. The van der Waals surface area contributed by atoms with E-state index >= 15 is 0 Å². The highest BCUT2D eigenvalue weighted by molar-refractivity contribution is 6.32. The number of nitrogens with one attached hydrogen (secondary N) is 2. The van der Waals surface area contributed by atoms with Crippen LogP contribution in [0.15, 0.2) is 134 Å². The summed E-state index contributed by atoms with van der Waals surface area (Å²) in [6.07, 6.45) is 7.13. The molecule has 8 N–H and O–H groups in total. The molecule has 0 radical (unpaired) electrons. The van der Waals surface area contributed by atoms with E-state index in [1.807, 2.05) is 58.0 Å². The van der Waals surface area contributed by atoms with Gasteiger partial charge in [-0.3, -0.25) is 29.1 Å². The summed E-state index contributed by atoms with van der Waals surface area (Å²) in [7, 11) is 0. The van der Waals surface area contributed by atoms with E-state index in [4.69, 9.17) is 54.0 Å². The molecular formula is C53H66Cl2N6O9. The van der Waals surface area contributed by atoms with Crippen LogP contribution >= 0.6 is 23.2 Å². The van der Waals surface area contributed by atoms with Crippen LogP contribution in [0.5, 0.6) is 23.0 Å². The quantitative estimate of drug-likeness (QED) is 0.0475. The predicted octanol–water partition coefficient (Wildman–Crippen LogP) is 9.07. The van der Waals surface area contributed by atoms with Gasteiger partial charge in [-0.2, -0.15) is 0 Å². The number of rotatable bonds is 18.